The molecule has 0 aromatic carbocycles. The molecule has 1 atom stereocenters. The summed E-state index contributed by atoms with van der Waals surface area (Å²) in [5, 5.41) is 6.70. The average molecular weight is 227 g/mol. The molecule has 15 heavy (non-hydrogen) atoms. The fourth-order valence-electron chi connectivity index (χ4n) is 0.963. The molecule has 1 unspecified atom stereocenters. The van der Waals surface area contributed by atoms with Crippen molar-refractivity contribution in [2.45, 2.75) is 6.04 Å². The minimum atomic E-state index is -0.699. The molecule has 0 aliphatic heterocycles. The second-order valence-corrected chi connectivity index (χ2v) is 3.86. The van der Waals surface area contributed by atoms with Crippen LogP contribution < -0.4 is 16.4 Å². The first kappa shape index (κ1) is 11.7. The molecular weight excluding hydrogens is 214 g/mol. The Bertz CT molecular complexity index is 337. The van der Waals surface area contributed by atoms with Gasteiger partial charge in [0.1, 0.15) is 6.04 Å². The summed E-state index contributed by atoms with van der Waals surface area (Å²) in [4.78, 5) is 23.1. The highest BCUT2D eigenvalue weighted by atomic mass is 32.1. The number of carbonyl (C=O) groups excluding carboxylic acids is 2. The third kappa shape index (κ3) is 3.34. The van der Waals surface area contributed by atoms with Crippen LogP contribution in [-0.2, 0) is 9.59 Å². The minimum Gasteiger partial charge on any atom is -0.358 e. The average Bonchev–Trinajstić information content (AvgIpc) is 2.77. The van der Waals surface area contributed by atoms with Crippen molar-refractivity contribution in [1.82, 2.24) is 10.6 Å². The number of amides is 2. The molecule has 0 fully saturated rings. The van der Waals surface area contributed by atoms with Crippen molar-refractivity contribution in [1.29, 1.82) is 0 Å². The van der Waals surface area contributed by atoms with Crippen molar-refractivity contribution in [2.75, 3.05) is 13.6 Å². The predicted octanol–water partition coefficient (Wildman–Crippen LogP) is -0.390. The van der Waals surface area contributed by atoms with Gasteiger partial charge in [-0.15, -0.1) is 11.3 Å². The third-order valence-electron chi connectivity index (χ3n) is 1.83. The lowest BCUT2D eigenvalue weighted by atomic mass is 10.2. The van der Waals surface area contributed by atoms with Crippen molar-refractivity contribution in [3.63, 3.8) is 0 Å². The summed E-state index contributed by atoms with van der Waals surface area (Å²) in [7, 11) is 1.51. The van der Waals surface area contributed by atoms with Gasteiger partial charge in [-0.05, 0) is 11.4 Å². The predicted molar refractivity (Wildman–Crippen MR) is 58.3 cm³/mol. The Balaban J connectivity index is 2.44. The van der Waals surface area contributed by atoms with Gasteiger partial charge in [-0.2, -0.15) is 0 Å². The first-order valence-electron chi connectivity index (χ1n) is 4.42. The Kier molecular flexibility index (Phi) is 4.26. The first-order valence-corrected chi connectivity index (χ1v) is 5.30. The summed E-state index contributed by atoms with van der Waals surface area (Å²) >= 11 is 1.41. The first-order chi connectivity index (χ1) is 7.15. The van der Waals surface area contributed by atoms with Crippen molar-refractivity contribution in [3.05, 3.63) is 22.4 Å². The number of thiophene rings is 1. The highest BCUT2D eigenvalue weighted by Crippen LogP contribution is 2.16. The Morgan fingerprint density at radius 1 is 1.60 bits per heavy atom. The molecular formula is C9H13N3O2S. The van der Waals surface area contributed by atoms with E-state index >= 15 is 0 Å². The van der Waals surface area contributed by atoms with Gasteiger partial charge in [-0.25, -0.2) is 0 Å². The van der Waals surface area contributed by atoms with Gasteiger partial charge in [0.2, 0.25) is 11.8 Å². The van der Waals surface area contributed by atoms with Crippen molar-refractivity contribution in [3.8, 4) is 0 Å². The molecule has 0 aliphatic rings. The number of rotatable bonds is 4. The van der Waals surface area contributed by atoms with Gasteiger partial charge < -0.3 is 16.4 Å². The van der Waals surface area contributed by atoms with Gasteiger partial charge in [0.15, 0.2) is 0 Å². The smallest absolute Gasteiger partial charge is 0.242 e. The van der Waals surface area contributed by atoms with E-state index in [9.17, 15) is 9.59 Å². The molecule has 0 saturated carbocycles. The largest absolute Gasteiger partial charge is 0.358 e. The van der Waals surface area contributed by atoms with Crippen molar-refractivity contribution in [2.24, 2.45) is 5.73 Å². The van der Waals surface area contributed by atoms with Gasteiger partial charge in [-0.1, -0.05) is 6.07 Å². The molecule has 0 saturated heterocycles. The fraction of sp³-hybridized carbons (Fsp3) is 0.333. The van der Waals surface area contributed by atoms with E-state index in [1.165, 1.54) is 18.4 Å². The molecule has 82 valence electrons. The molecule has 1 aromatic rings. The number of nitrogens with one attached hydrogen (secondary N) is 2. The zero-order valence-corrected chi connectivity index (χ0v) is 9.14. The second-order valence-electron chi connectivity index (χ2n) is 2.88. The van der Waals surface area contributed by atoms with Crippen LogP contribution in [0, 0.1) is 0 Å². The minimum absolute atomic E-state index is 0.0472. The molecule has 0 aliphatic carbocycles. The Morgan fingerprint density at radius 3 is 2.87 bits per heavy atom. The van der Waals surface area contributed by atoms with E-state index in [0.29, 0.717) is 0 Å². The van der Waals surface area contributed by atoms with Crippen LogP contribution in [-0.4, -0.2) is 25.4 Å². The zero-order valence-electron chi connectivity index (χ0n) is 8.32. The van der Waals surface area contributed by atoms with E-state index in [2.05, 4.69) is 10.6 Å². The van der Waals surface area contributed by atoms with Crippen molar-refractivity contribution >= 4 is 23.2 Å². The number of likely N-dealkylation sites (N-methyl/N-ethyl adjacent to an activating group) is 1. The van der Waals surface area contributed by atoms with Gasteiger partial charge in [0.25, 0.3) is 0 Å². The van der Waals surface area contributed by atoms with E-state index in [1.807, 2.05) is 11.4 Å². The highest BCUT2D eigenvalue weighted by Gasteiger charge is 2.16. The van der Waals surface area contributed by atoms with E-state index in [-0.39, 0.29) is 18.4 Å². The summed E-state index contributed by atoms with van der Waals surface area (Å²) in [5.74, 6) is -0.595. The molecule has 4 N–H and O–H groups in total. The van der Waals surface area contributed by atoms with Crippen LogP contribution in [0.5, 0.6) is 0 Å². The van der Waals surface area contributed by atoms with Crippen LogP contribution in [0.25, 0.3) is 0 Å². The fourth-order valence-corrected chi connectivity index (χ4v) is 1.69. The van der Waals surface area contributed by atoms with Crippen LogP contribution in [0.15, 0.2) is 17.5 Å². The van der Waals surface area contributed by atoms with E-state index in [1.54, 1.807) is 6.07 Å². The van der Waals surface area contributed by atoms with Crippen LogP contribution in [0.1, 0.15) is 10.9 Å². The zero-order chi connectivity index (χ0) is 11.3. The quantitative estimate of drug-likeness (QED) is 0.655. The van der Waals surface area contributed by atoms with Crippen molar-refractivity contribution < 1.29 is 9.59 Å². The summed E-state index contributed by atoms with van der Waals surface area (Å²) in [6.45, 7) is -0.0472. The lowest BCUT2D eigenvalue weighted by Crippen LogP contribution is -2.39. The van der Waals surface area contributed by atoms with E-state index in [4.69, 9.17) is 5.73 Å². The lowest BCUT2D eigenvalue weighted by molar-refractivity contribution is -0.126. The number of nitrogens with two attached hydrogens (primary N) is 1. The summed E-state index contributed by atoms with van der Waals surface area (Å²) in [6.07, 6.45) is 0. The molecule has 6 heteroatoms. The lowest BCUT2D eigenvalue weighted by Gasteiger charge is -2.09. The monoisotopic (exact) mass is 227 g/mol. The molecule has 5 nitrogen and oxygen atoms in total. The summed E-state index contributed by atoms with van der Waals surface area (Å²) in [5.41, 5.74) is 5.68. The third-order valence-corrected chi connectivity index (χ3v) is 2.79. The molecule has 0 bridgehead atoms. The van der Waals surface area contributed by atoms with Gasteiger partial charge >= 0.3 is 0 Å². The number of carbonyl (C=O) groups is 2. The molecule has 1 aromatic heterocycles. The second kappa shape index (κ2) is 5.47. The van der Waals surface area contributed by atoms with E-state index in [0.717, 1.165) is 4.88 Å². The topological polar surface area (TPSA) is 84.2 Å². The molecule has 0 spiro atoms. The number of hydrogen-bond donors (Lipinski definition) is 3. The van der Waals surface area contributed by atoms with Crippen LogP contribution in [0.3, 0.4) is 0 Å². The van der Waals surface area contributed by atoms with Gasteiger partial charge in [0, 0.05) is 11.9 Å². The Morgan fingerprint density at radius 2 is 2.33 bits per heavy atom. The van der Waals surface area contributed by atoms with Crippen LogP contribution in [0.2, 0.25) is 0 Å². The molecule has 1 heterocycles. The van der Waals surface area contributed by atoms with E-state index < -0.39 is 6.04 Å². The van der Waals surface area contributed by atoms with Crippen LogP contribution >= 0.6 is 11.3 Å². The van der Waals surface area contributed by atoms with Gasteiger partial charge in [0.05, 0.1) is 6.54 Å². The Hall–Kier alpha value is -1.40. The van der Waals surface area contributed by atoms with Gasteiger partial charge in [-0.3, -0.25) is 9.59 Å². The standard InChI is InChI=1S/C9H13N3O2S/c1-11-7(13)5-12-9(14)8(10)6-3-2-4-15-6/h2-4,8H,5,10H2,1H3,(H,11,13)(H,12,14). The molecule has 2 amide bonds. The Labute approximate surface area is 91.7 Å². The van der Waals surface area contributed by atoms with Crippen LogP contribution in [0.4, 0.5) is 0 Å². The maximum atomic E-state index is 11.5. The SMILES string of the molecule is CNC(=O)CNC(=O)C(N)c1cccs1. The normalized spacial score (nSPS) is 11.9. The highest BCUT2D eigenvalue weighted by molar-refractivity contribution is 7.10. The molecule has 1 rings (SSSR count). The maximum absolute atomic E-state index is 11.5. The maximum Gasteiger partial charge on any atom is 0.242 e. The summed E-state index contributed by atoms with van der Waals surface area (Å²) in [6, 6.07) is 2.91. The summed E-state index contributed by atoms with van der Waals surface area (Å²) < 4.78 is 0. The molecule has 0 radical (unpaired) electrons. The number of hydrogen-bond acceptors (Lipinski definition) is 4.